The van der Waals surface area contributed by atoms with Crippen LogP contribution in [0.25, 0.3) is 0 Å². The van der Waals surface area contributed by atoms with Crippen LogP contribution in [0, 0.1) is 0 Å². The summed E-state index contributed by atoms with van der Waals surface area (Å²) in [5, 5.41) is 0. The van der Waals surface area contributed by atoms with E-state index in [2.05, 4.69) is 0 Å². The quantitative estimate of drug-likeness (QED) is 0.757. The molecule has 1 rings (SSSR count). The molecule has 4 nitrogen and oxygen atoms in total. The zero-order chi connectivity index (χ0) is 12.7. The average Bonchev–Trinajstić information content (AvgIpc) is 2.34. The summed E-state index contributed by atoms with van der Waals surface area (Å²) in [5.41, 5.74) is 6.32. The lowest BCUT2D eigenvalue weighted by molar-refractivity contribution is -0.146. The zero-order valence-corrected chi connectivity index (χ0v) is 9.89. The van der Waals surface area contributed by atoms with Crippen LogP contribution in [0.1, 0.15) is 25.3 Å². The van der Waals surface area contributed by atoms with Gasteiger partial charge in [-0.2, -0.15) is 0 Å². The summed E-state index contributed by atoms with van der Waals surface area (Å²) in [6, 6.07) is 8.89. The molecule has 0 radical (unpaired) electrons. The molecule has 1 unspecified atom stereocenters. The zero-order valence-electron chi connectivity index (χ0n) is 9.89. The normalized spacial score (nSPS) is 11.9. The molecule has 1 aromatic rings. The van der Waals surface area contributed by atoms with Gasteiger partial charge in [-0.3, -0.25) is 9.59 Å². The van der Waals surface area contributed by atoms with Gasteiger partial charge in [0, 0.05) is 6.42 Å². The molecule has 0 aromatic heterocycles. The van der Waals surface area contributed by atoms with Gasteiger partial charge >= 0.3 is 5.97 Å². The second-order valence-corrected chi connectivity index (χ2v) is 3.90. The number of ketones is 1. The molecule has 0 bridgehead atoms. The highest BCUT2D eigenvalue weighted by Gasteiger charge is 2.11. The lowest BCUT2D eigenvalue weighted by Crippen LogP contribution is -2.27. The SMILES string of the molecule is CC(N)C(=O)CCC(=O)OCc1ccccc1. The predicted octanol–water partition coefficient (Wildman–Crippen LogP) is 1.43. The number of hydrogen-bond donors (Lipinski definition) is 1. The fourth-order valence-corrected chi connectivity index (χ4v) is 1.26. The Hall–Kier alpha value is -1.68. The molecular formula is C13H17NO3. The van der Waals surface area contributed by atoms with Crippen LogP contribution >= 0.6 is 0 Å². The van der Waals surface area contributed by atoms with Crippen LogP contribution in [0.3, 0.4) is 0 Å². The first-order chi connectivity index (χ1) is 8.09. The average molecular weight is 235 g/mol. The van der Waals surface area contributed by atoms with Crippen molar-refractivity contribution >= 4 is 11.8 Å². The Kier molecular flexibility index (Phi) is 5.36. The highest BCUT2D eigenvalue weighted by Crippen LogP contribution is 2.03. The fraction of sp³-hybridized carbons (Fsp3) is 0.385. The summed E-state index contributed by atoms with van der Waals surface area (Å²) < 4.78 is 5.03. The Labute approximate surface area is 101 Å². The van der Waals surface area contributed by atoms with E-state index in [1.807, 2.05) is 30.3 Å². The van der Waals surface area contributed by atoms with Crippen molar-refractivity contribution in [2.45, 2.75) is 32.4 Å². The maximum absolute atomic E-state index is 11.3. The molecule has 0 amide bonds. The van der Waals surface area contributed by atoms with E-state index in [1.165, 1.54) is 0 Å². The summed E-state index contributed by atoms with van der Waals surface area (Å²) in [5.74, 6) is -0.496. The number of Topliss-reactive ketones (excluding diaryl/α,β-unsaturated/α-hetero) is 1. The van der Waals surface area contributed by atoms with E-state index in [0.29, 0.717) is 0 Å². The fourth-order valence-electron chi connectivity index (χ4n) is 1.26. The highest BCUT2D eigenvalue weighted by molar-refractivity contribution is 5.86. The van der Waals surface area contributed by atoms with Crippen molar-refractivity contribution in [3.63, 3.8) is 0 Å². The summed E-state index contributed by atoms with van der Waals surface area (Å²) in [4.78, 5) is 22.5. The van der Waals surface area contributed by atoms with Crippen molar-refractivity contribution in [1.29, 1.82) is 0 Å². The van der Waals surface area contributed by atoms with Crippen molar-refractivity contribution in [3.8, 4) is 0 Å². The van der Waals surface area contributed by atoms with Gasteiger partial charge in [-0.1, -0.05) is 30.3 Å². The third-order valence-electron chi connectivity index (χ3n) is 2.33. The second-order valence-electron chi connectivity index (χ2n) is 3.90. The first-order valence-electron chi connectivity index (χ1n) is 5.57. The third-order valence-corrected chi connectivity index (χ3v) is 2.33. The molecule has 0 heterocycles. The molecule has 4 heteroatoms. The van der Waals surface area contributed by atoms with Crippen molar-refractivity contribution < 1.29 is 14.3 Å². The van der Waals surface area contributed by atoms with Gasteiger partial charge in [-0.25, -0.2) is 0 Å². The maximum Gasteiger partial charge on any atom is 0.306 e. The van der Waals surface area contributed by atoms with Gasteiger partial charge in [-0.05, 0) is 12.5 Å². The molecule has 1 atom stereocenters. The van der Waals surface area contributed by atoms with Crippen LogP contribution in [0.15, 0.2) is 30.3 Å². The van der Waals surface area contributed by atoms with Crippen LogP contribution in [-0.4, -0.2) is 17.8 Å². The Morgan fingerprint density at radius 3 is 2.47 bits per heavy atom. The van der Waals surface area contributed by atoms with Crippen molar-refractivity contribution in [2.75, 3.05) is 0 Å². The topological polar surface area (TPSA) is 69.4 Å². The lowest BCUT2D eigenvalue weighted by Gasteiger charge is -2.05. The minimum absolute atomic E-state index is 0.0905. The van der Waals surface area contributed by atoms with E-state index in [1.54, 1.807) is 6.92 Å². The smallest absolute Gasteiger partial charge is 0.306 e. The number of rotatable bonds is 6. The van der Waals surface area contributed by atoms with Crippen LogP contribution < -0.4 is 5.73 Å². The minimum Gasteiger partial charge on any atom is -0.461 e. The maximum atomic E-state index is 11.3. The summed E-state index contributed by atoms with van der Waals surface area (Å²) in [6.45, 7) is 1.85. The number of carbonyl (C=O) groups is 2. The first-order valence-corrected chi connectivity index (χ1v) is 5.57. The van der Waals surface area contributed by atoms with Gasteiger partial charge in [0.2, 0.25) is 0 Å². The van der Waals surface area contributed by atoms with E-state index in [-0.39, 0.29) is 31.2 Å². The number of esters is 1. The van der Waals surface area contributed by atoms with E-state index in [0.717, 1.165) is 5.56 Å². The van der Waals surface area contributed by atoms with Gasteiger partial charge in [-0.15, -0.1) is 0 Å². The van der Waals surface area contributed by atoms with Gasteiger partial charge < -0.3 is 10.5 Å². The van der Waals surface area contributed by atoms with E-state index in [4.69, 9.17) is 10.5 Å². The number of hydrogen-bond acceptors (Lipinski definition) is 4. The molecule has 0 saturated heterocycles. The van der Waals surface area contributed by atoms with E-state index >= 15 is 0 Å². The van der Waals surface area contributed by atoms with Crippen LogP contribution in [0.4, 0.5) is 0 Å². The number of benzene rings is 1. The Morgan fingerprint density at radius 1 is 1.24 bits per heavy atom. The monoisotopic (exact) mass is 235 g/mol. The van der Waals surface area contributed by atoms with Gasteiger partial charge in [0.25, 0.3) is 0 Å². The number of ether oxygens (including phenoxy) is 1. The van der Waals surface area contributed by atoms with Gasteiger partial charge in [0.15, 0.2) is 0 Å². The highest BCUT2D eigenvalue weighted by atomic mass is 16.5. The first kappa shape index (κ1) is 13.4. The predicted molar refractivity (Wildman–Crippen MR) is 64.1 cm³/mol. The largest absolute Gasteiger partial charge is 0.461 e. The molecular weight excluding hydrogens is 218 g/mol. The Balaban J connectivity index is 2.24. The van der Waals surface area contributed by atoms with E-state index in [9.17, 15) is 9.59 Å². The third kappa shape index (κ3) is 5.26. The molecule has 1 aromatic carbocycles. The summed E-state index contributed by atoms with van der Waals surface area (Å²) in [7, 11) is 0. The standard InChI is InChI=1S/C13H17NO3/c1-10(14)12(15)7-8-13(16)17-9-11-5-3-2-4-6-11/h2-6,10H,7-9,14H2,1H3. The molecule has 17 heavy (non-hydrogen) atoms. The minimum atomic E-state index is -0.517. The Bertz CT molecular complexity index is 374. The van der Waals surface area contributed by atoms with Crippen molar-refractivity contribution in [1.82, 2.24) is 0 Å². The molecule has 0 spiro atoms. The van der Waals surface area contributed by atoms with Gasteiger partial charge in [0.1, 0.15) is 12.4 Å². The number of carbonyl (C=O) groups excluding carboxylic acids is 2. The van der Waals surface area contributed by atoms with Gasteiger partial charge in [0.05, 0.1) is 12.5 Å². The molecule has 0 aliphatic heterocycles. The summed E-state index contributed by atoms with van der Waals surface area (Å²) in [6.07, 6.45) is 0.235. The number of nitrogens with two attached hydrogens (primary N) is 1. The molecule has 92 valence electrons. The van der Waals surface area contributed by atoms with Crippen LogP contribution in [-0.2, 0) is 20.9 Å². The molecule has 2 N–H and O–H groups in total. The molecule has 0 saturated carbocycles. The second kappa shape index (κ2) is 6.81. The lowest BCUT2D eigenvalue weighted by atomic mass is 10.1. The Morgan fingerprint density at radius 2 is 1.88 bits per heavy atom. The summed E-state index contributed by atoms with van der Waals surface area (Å²) >= 11 is 0. The molecule has 0 aliphatic rings. The van der Waals surface area contributed by atoms with E-state index < -0.39 is 6.04 Å². The molecule has 0 aliphatic carbocycles. The van der Waals surface area contributed by atoms with Crippen LogP contribution in [0.2, 0.25) is 0 Å². The van der Waals surface area contributed by atoms with Crippen molar-refractivity contribution in [2.24, 2.45) is 5.73 Å². The van der Waals surface area contributed by atoms with Crippen LogP contribution in [0.5, 0.6) is 0 Å². The molecule has 0 fully saturated rings. The van der Waals surface area contributed by atoms with Crippen molar-refractivity contribution in [3.05, 3.63) is 35.9 Å².